The first-order valence-corrected chi connectivity index (χ1v) is 5.48. The second kappa shape index (κ2) is 4.90. The minimum absolute atomic E-state index is 0.810. The highest BCUT2D eigenvalue weighted by molar-refractivity contribution is 5.34. The van der Waals surface area contributed by atoms with E-state index in [0.29, 0.717) is 0 Å². The summed E-state index contributed by atoms with van der Waals surface area (Å²) in [6.07, 6.45) is 6.49. The summed E-state index contributed by atoms with van der Waals surface area (Å²) in [6, 6.07) is 4.04. The van der Waals surface area contributed by atoms with Crippen LogP contribution in [-0.2, 0) is 13.0 Å². The summed E-state index contributed by atoms with van der Waals surface area (Å²) in [7, 11) is 1.94. The lowest BCUT2D eigenvalue weighted by atomic mass is 10.2. The van der Waals surface area contributed by atoms with Gasteiger partial charge in [0.15, 0.2) is 0 Å². The number of aryl methyl sites for hydroxylation is 1. The fourth-order valence-corrected chi connectivity index (χ4v) is 1.76. The first-order valence-electron chi connectivity index (χ1n) is 5.48. The van der Waals surface area contributed by atoms with Gasteiger partial charge in [0.25, 0.3) is 0 Å². The molecule has 0 atom stereocenters. The Morgan fingerprint density at radius 1 is 1.31 bits per heavy atom. The molecule has 0 fully saturated rings. The maximum atomic E-state index is 4.43. The van der Waals surface area contributed by atoms with Gasteiger partial charge in [-0.3, -0.25) is 4.57 Å². The van der Waals surface area contributed by atoms with Gasteiger partial charge in [-0.2, -0.15) is 0 Å². The minimum atomic E-state index is 0.810. The van der Waals surface area contributed by atoms with Crippen molar-refractivity contribution >= 4 is 0 Å². The molecule has 1 N–H and O–H groups in total. The molecular weight excluding hydrogens is 200 g/mol. The zero-order chi connectivity index (χ0) is 11.4. The molecule has 4 heteroatoms. The predicted molar refractivity (Wildman–Crippen MR) is 63.5 cm³/mol. The summed E-state index contributed by atoms with van der Waals surface area (Å²) >= 11 is 0. The second-order valence-electron chi connectivity index (χ2n) is 3.58. The van der Waals surface area contributed by atoms with Crippen LogP contribution < -0.4 is 5.32 Å². The summed E-state index contributed by atoms with van der Waals surface area (Å²) in [4.78, 5) is 8.75. The number of pyridine rings is 1. The summed E-state index contributed by atoms with van der Waals surface area (Å²) < 4.78 is 2.05. The Balaban J connectivity index is 2.46. The smallest absolute Gasteiger partial charge is 0.142 e. The first kappa shape index (κ1) is 10.8. The van der Waals surface area contributed by atoms with Crippen molar-refractivity contribution in [3.63, 3.8) is 0 Å². The van der Waals surface area contributed by atoms with E-state index in [0.717, 1.165) is 24.6 Å². The molecular formula is C12H16N4. The number of hydrogen-bond donors (Lipinski definition) is 1. The van der Waals surface area contributed by atoms with E-state index in [4.69, 9.17) is 0 Å². The van der Waals surface area contributed by atoms with Crippen LogP contribution in [0, 0.1) is 0 Å². The van der Waals surface area contributed by atoms with Gasteiger partial charge in [0.1, 0.15) is 11.6 Å². The zero-order valence-electron chi connectivity index (χ0n) is 9.64. The summed E-state index contributed by atoms with van der Waals surface area (Å²) in [6.45, 7) is 2.91. The summed E-state index contributed by atoms with van der Waals surface area (Å²) in [5.41, 5.74) is 1.18. The van der Waals surface area contributed by atoms with Crippen LogP contribution in [0.1, 0.15) is 18.3 Å². The van der Waals surface area contributed by atoms with Crippen molar-refractivity contribution < 1.29 is 0 Å². The van der Waals surface area contributed by atoms with E-state index in [1.807, 2.05) is 36.3 Å². The van der Waals surface area contributed by atoms with Gasteiger partial charge < -0.3 is 5.32 Å². The van der Waals surface area contributed by atoms with Crippen LogP contribution in [0.15, 0.2) is 30.7 Å². The number of imidazole rings is 1. The minimum Gasteiger partial charge on any atom is -0.316 e. The molecule has 16 heavy (non-hydrogen) atoms. The maximum absolute atomic E-state index is 4.43. The topological polar surface area (TPSA) is 42.7 Å². The van der Waals surface area contributed by atoms with E-state index in [-0.39, 0.29) is 0 Å². The monoisotopic (exact) mass is 216 g/mol. The summed E-state index contributed by atoms with van der Waals surface area (Å²) in [5, 5.41) is 3.15. The van der Waals surface area contributed by atoms with Gasteiger partial charge in [-0.25, -0.2) is 9.97 Å². The van der Waals surface area contributed by atoms with Crippen LogP contribution in [0.2, 0.25) is 0 Å². The lowest BCUT2D eigenvalue weighted by Crippen LogP contribution is -2.11. The standard InChI is InChI=1S/C12H16N4/c1-3-11-14-7-8-16(11)12-10(9-13-2)5-4-6-15-12/h4-8,13H,3,9H2,1-2H3. The molecule has 0 spiro atoms. The average molecular weight is 216 g/mol. The van der Waals surface area contributed by atoms with E-state index in [1.54, 1.807) is 0 Å². The first-order chi connectivity index (χ1) is 7.86. The Morgan fingerprint density at radius 3 is 2.94 bits per heavy atom. The van der Waals surface area contributed by atoms with Crippen molar-refractivity contribution in [1.82, 2.24) is 19.9 Å². The van der Waals surface area contributed by atoms with Gasteiger partial charge in [0.2, 0.25) is 0 Å². The Labute approximate surface area is 95.4 Å². The van der Waals surface area contributed by atoms with Crippen LogP contribution in [0.25, 0.3) is 5.82 Å². The third-order valence-corrected chi connectivity index (χ3v) is 2.50. The molecule has 0 radical (unpaired) electrons. The van der Waals surface area contributed by atoms with Crippen LogP contribution in [0.3, 0.4) is 0 Å². The largest absolute Gasteiger partial charge is 0.316 e. The van der Waals surface area contributed by atoms with Gasteiger partial charge in [0.05, 0.1) is 0 Å². The molecule has 0 aromatic carbocycles. The lowest BCUT2D eigenvalue weighted by Gasteiger charge is -2.10. The number of hydrogen-bond acceptors (Lipinski definition) is 3. The van der Waals surface area contributed by atoms with Crippen molar-refractivity contribution in [2.24, 2.45) is 0 Å². The van der Waals surface area contributed by atoms with Crippen molar-refractivity contribution in [2.75, 3.05) is 7.05 Å². The van der Waals surface area contributed by atoms with Crippen LogP contribution in [0.4, 0.5) is 0 Å². The number of aromatic nitrogens is 3. The molecule has 0 saturated heterocycles. The molecule has 2 aromatic heterocycles. The number of nitrogens with zero attached hydrogens (tertiary/aromatic N) is 3. The average Bonchev–Trinajstić information content (AvgIpc) is 2.78. The van der Waals surface area contributed by atoms with Crippen molar-refractivity contribution in [1.29, 1.82) is 0 Å². The van der Waals surface area contributed by atoms with Gasteiger partial charge >= 0.3 is 0 Å². The number of nitrogens with one attached hydrogen (secondary N) is 1. The molecule has 2 rings (SSSR count). The molecule has 0 unspecified atom stereocenters. The molecule has 0 bridgehead atoms. The van der Waals surface area contributed by atoms with Crippen LogP contribution in [-0.4, -0.2) is 21.6 Å². The van der Waals surface area contributed by atoms with Gasteiger partial charge in [-0.05, 0) is 13.1 Å². The molecule has 2 aromatic rings. The van der Waals surface area contributed by atoms with Crippen LogP contribution >= 0.6 is 0 Å². The Bertz CT molecular complexity index is 462. The fourth-order valence-electron chi connectivity index (χ4n) is 1.76. The van der Waals surface area contributed by atoms with Crippen LogP contribution in [0.5, 0.6) is 0 Å². The Morgan fingerprint density at radius 2 is 2.19 bits per heavy atom. The molecule has 0 aliphatic rings. The predicted octanol–water partition coefficient (Wildman–Crippen LogP) is 1.55. The van der Waals surface area contributed by atoms with E-state index >= 15 is 0 Å². The van der Waals surface area contributed by atoms with E-state index in [9.17, 15) is 0 Å². The zero-order valence-corrected chi connectivity index (χ0v) is 9.64. The molecule has 0 aliphatic heterocycles. The molecule has 0 aliphatic carbocycles. The Hall–Kier alpha value is -1.68. The molecule has 0 amide bonds. The van der Waals surface area contributed by atoms with E-state index in [1.165, 1.54) is 5.56 Å². The Kier molecular flexibility index (Phi) is 3.31. The molecule has 2 heterocycles. The van der Waals surface area contributed by atoms with Crippen molar-refractivity contribution in [3.8, 4) is 5.82 Å². The van der Waals surface area contributed by atoms with Gasteiger partial charge in [-0.1, -0.05) is 13.0 Å². The highest BCUT2D eigenvalue weighted by Crippen LogP contribution is 2.13. The SMILES string of the molecule is CCc1nccn1-c1ncccc1CNC. The van der Waals surface area contributed by atoms with Crippen molar-refractivity contribution in [3.05, 3.63) is 42.1 Å². The van der Waals surface area contributed by atoms with Gasteiger partial charge in [-0.15, -0.1) is 0 Å². The molecule has 4 nitrogen and oxygen atoms in total. The third-order valence-electron chi connectivity index (χ3n) is 2.50. The third kappa shape index (κ3) is 1.97. The highest BCUT2D eigenvalue weighted by Gasteiger charge is 2.08. The fraction of sp³-hybridized carbons (Fsp3) is 0.333. The van der Waals surface area contributed by atoms with E-state index < -0.39 is 0 Å². The van der Waals surface area contributed by atoms with E-state index in [2.05, 4.69) is 28.3 Å². The lowest BCUT2D eigenvalue weighted by molar-refractivity contribution is 0.784. The highest BCUT2D eigenvalue weighted by atomic mass is 15.1. The van der Waals surface area contributed by atoms with Gasteiger partial charge in [0, 0.05) is 37.1 Å². The quantitative estimate of drug-likeness (QED) is 0.843. The molecule has 0 saturated carbocycles. The van der Waals surface area contributed by atoms with Crippen molar-refractivity contribution in [2.45, 2.75) is 19.9 Å². The number of rotatable bonds is 4. The normalized spacial score (nSPS) is 10.6. The molecule has 84 valence electrons. The maximum Gasteiger partial charge on any atom is 0.142 e. The summed E-state index contributed by atoms with van der Waals surface area (Å²) in [5.74, 6) is 2.00. The second-order valence-corrected chi connectivity index (χ2v) is 3.58.